The summed E-state index contributed by atoms with van der Waals surface area (Å²) in [6.45, 7) is 0. The molecule has 0 spiro atoms. The fourth-order valence-electron chi connectivity index (χ4n) is 2.03. The zero-order valence-corrected chi connectivity index (χ0v) is 11.3. The Labute approximate surface area is 116 Å². The minimum absolute atomic E-state index is 1.05. The molecule has 0 saturated heterocycles. The highest BCUT2D eigenvalue weighted by atomic mass is 14.8. The number of hydrogen-bond acceptors (Lipinski definition) is 1. The molecule has 2 aliphatic rings. The highest BCUT2D eigenvalue weighted by Crippen LogP contribution is 2.16. The standard InChI is InChI=1S/C18H21N/c1-2-4-6-9-13-17(14-10-7-5-3-1)18-15-11-8-12-16-19-18/h1-2,4,6-8,10-12,14-16,19H,3,5,9,13H2. The van der Waals surface area contributed by atoms with Crippen molar-refractivity contribution in [2.75, 3.05) is 0 Å². The quantitative estimate of drug-likeness (QED) is 0.711. The first-order chi connectivity index (χ1) is 9.47. The van der Waals surface area contributed by atoms with Crippen LogP contribution < -0.4 is 5.32 Å². The molecule has 0 unspecified atom stereocenters. The van der Waals surface area contributed by atoms with Gasteiger partial charge in [0.25, 0.3) is 0 Å². The average molecular weight is 251 g/mol. The molecular formula is C18H21N. The van der Waals surface area contributed by atoms with E-state index in [1.165, 1.54) is 11.3 Å². The van der Waals surface area contributed by atoms with Crippen LogP contribution in [0, 0.1) is 0 Å². The lowest BCUT2D eigenvalue weighted by molar-refractivity contribution is 0.936. The SMILES string of the molecule is C1=CC=C(C2=CC=CCCC=CC=CCC2)NC=C1. The van der Waals surface area contributed by atoms with E-state index in [9.17, 15) is 0 Å². The summed E-state index contributed by atoms with van der Waals surface area (Å²) in [5.74, 6) is 0. The Hall–Kier alpha value is -2.02. The highest BCUT2D eigenvalue weighted by Gasteiger charge is 2.02. The first-order valence-corrected chi connectivity index (χ1v) is 6.94. The van der Waals surface area contributed by atoms with Crippen LogP contribution in [0.2, 0.25) is 0 Å². The molecule has 1 nitrogen and oxygen atoms in total. The monoisotopic (exact) mass is 251 g/mol. The van der Waals surface area contributed by atoms with Crippen LogP contribution in [0.1, 0.15) is 25.7 Å². The van der Waals surface area contributed by atoms with Crippen molar-refractivity contribution in [1.29, 1.82) is 0 Å². The van der Waals surface area contributed by atoms with E-state index >= 15 is 0 Å². The summed E-state index contributed by atoms with van der Waals surface area (Å²) in [4.78, 5) is 0. The van der Waals surface area contributed by atoms with Crippen molar-refractivity contribution in [1.82, 2.24) is 5.32 Å². The topological polar surface area (TPSA) is 12.0 Å². The summed E-state index contributed by atoms with van der Waals surface area (Å²) in [6, 6.07) is 0. The van der Waals surface area contributed by atoms with Gasteiger partial charge in [0.1, 0.15) is 0 Å². The van der Waals surface area contributed by atoms with Crippen molar-refractivity contribution in [3.05, 3.63) is 84.3 Å². The lowest BCUT2D eigenvalue weighted by Crippen LogP contribution is -2.06. The van der Waals surface area contributed by atoms with Gasteiger partial charge >= 0.3 is 0 Å². The van der Waals surface area contributed by atoms with E-state index in [0.29, 0.717) is 0 Å². The van der Waals surface area contributed by atoms with E-state index in [1.807, 2.05) is 18.4 Å². The Morgan fingerprint density at radius 2 is 1.47 bits per heavy atom. The zero-order chi connectivity index (χ0) is 13.2. The molecule has 0 aromatic carbocycles. The Morgan fingerprint density at radius 1 is 0.684 bits per heavy atom. The smallest absolute Gasteiger partial charge is 0.0412 e. The molecule has 0 amide bonds. The number of rotatable bonds is 1. The fourth-order valence-corrected chi connectivity index (χ4v) is 2.03. The third kappa shape index (κ3) is 5.01. The van der Waals surface area contributed by atoms with E-state index in [-0.39, 0.29) is 0 Å². The predicted molar refractivity (Wildman–Crippen MR) is 83.5 cm³/mol. The first-order valence-electron chi connectivity index (χ1n) is 6.94. The van der Waals surface area contributed by atoms with E-state index < -0.39 is 0 Å². The van der Waals surface area contributed by atoms with Crippen LogP contribution in [0.5, 0.6) is 0 Å². The molecule has 0 aromatic rings. The van der Waals surface area contributed by atoms with Crippen molar-refractivity contribution in [3.63, 3.8) is 0 Å². The molecule has 2 rings (SSSR count). The van der Waals surface area contributed by atoms with Crippen LogP contribution in [0.25, 0.3) is 0 Å². The minimum atomic E-state index is 1.05. The molecule has 0 saturated carbocycles. The van der Waals surface area contributed by atoms with Crippen molar-refractivity contribution < 1.29 is 0 Å². The van der Waals surface area contributed by atoms with Gasteiger partial charge in [0.15, 0.2) is 0 Å². The average Bonchev–Trinajstić information content (AvgIpc) is 2.68. The van der Waals surface area contributed by atoms with Crippen LogP contribution in [-0.4, -0.2) is 0 Å². The van der Waals surface area contributed by atoms with Gasteiger partial charge in [0, 0.05) is 11.9 Å². The molecule has 0 atom stereocenters. The van der Waals surface area contributed by atoms with Gasteiger partial charge in [-0.25, -0.2) is 0 Å². The van der Waals surface area contributed by atoms with Gasteiger partial charge in [0.2, 0.25) is 0 Å². The molecule has 0 bridgehead atoms. The van der Waals surface area contributed by atoms with Gasteiger partial charge in [-0.1, -0.05) is 54.7 Å². The maximum absolute atomic E-state index is 3.34. The number of allylic oxidation sites excluding steroid dienone is 12. The van der Waals surface area contributed by atoms with Crippen LogP contribution in [0.3, 0.4) is 0 Å². The zero-order valence-electron chi connectivity index (χ0n) is 11.3. The molecule has 0 aromatic heterocycles. The van der Waals surface area contributed by atoms with E-state index in [1.54, 1.807) is 0 Å². The van der Waals surface area contributed by atoms with Crippen LogP contribution in [0.15, 0.2) is 84.3 Å². The summed E-state index contributed by atoms with van der Waals surface area (Å²) in [6.07, 6.45) is 30.0. The number of nitrogens with one attached hydrogen (secondary N) is 1. The van der Waals surface area contributed by atoms with E-state index in [2.05, 4.69) is 60.0 Å². The molecule has 1 aliphatic heterocycles. The van der Waals surface area contributed by atoms with Gasteiger partial charge in [-0.05, 0) is 43.4 Å². The Morgan fingerprint density at radius 3 is 2.37 bits per heavy atom. The maximum Gasteiger partial charge on any atom is 0.0412 e. The Bertz CT molecular complexity index is 482. The summed E-state index contributed by atoms with van der Waals surface area (Å²) in [5, 5.41) is 3.34. The molecule has 19 heavy (non-hydrogen) atoms. The lowest BCUT2D eigenvalue weighted by atomic mass is 10.0. The van der Waals surface area contributed by atoms with Gasteiger partial charge in [-0.15, -0.1) is 0 Å². The second-order valence-electron chi connectivity index (χ2n) is 4.56. The second-order valence-corrected chi connectivity index (χ2v) is 4.56. The first kappa shape index (κ1) is 13.4. The van der Waals surface area contributed by atoms with E-state index in [4.69, 9.17) is 0 Å². The third-order valence-corrected chi connectivity index (χ3v) is 3.06. The molecule has 1 heteroatoms. The molecule has 98 valence electrons. The predicted octanol–water partition coefficient (Wildman–Crippen LogP) is 4.71. The van der Waals surface area contributed by atoms with Crippen molar-refractivity contribution in [2.45, 2.75) is 25.7 Å². The van der Waals surface area contributed by atoms with Gasteiger partial charge in [-0.2, -0.15) is 0 Å². The van der Waals surface area contributed by atoms with Crippen LogP contribution in [-0.2, 0) is 0 Å². The summed E-state index contributed by atoms with van der Waals surface area (Å²) in [5.41, 5.74) is 2.54. The molecule has 1 aliphatic carbocycles. The highest BCUT2D eigenvalue weighted by molar-refractivity contribution is 5.38. The maximum atomic E-state index is 3.34. The van der Waals surface area contributed by atoms with Crippen molar-refractivity contribution >= 4 is 0 Å². The van der Waals surface area contributed by atoms with Crippen LogP contribution in [0.4, 0.5) is 0 Å². The van der Waals surface area contributed by atoms with Gasteiger partial charge < -0.3 is 5.32 Å². The molecule has 0 fully saturated rings. The molecule has 1 heterocycles. The van der Waals surface area contributed by atoms with Crippen molar-refractivity contribution in [2.24, 2.45) is 0 Å². The Balaban J connectivity index is 2.12. The van der Waals surface area contributed by atoms with Crippen LogP contribution >= 0.6 is 0 Å². The third-order valence-electron chi connectivity index (χ3n) is 3.06. The minimum Gasteiger partial charge on any atom is -0.361 e. The summed E-state index contributed by atoms with van der Waals surface area (Å²) < 4.78 is 0. The van der Waals surface area contributed by atoms with Gasteiger partial charge in [-0.3, -0.25) is 0 Å². The van der Waals surface area contributed by atoms with E-state index in [0.717, 1.165) is 25.7 Å². The van der Waals surface area contributed by atoms with Gasteiger partial charge in [0.05, 0.1) is 0 Å². The molecule has 0 radical (unpaired) electrons. The second kappa shape index (κ2) is 8.15. The molecular weight excluding hydrogens is 230 g/mol. The number of hydrogen-bond donors (Lipinski definition) is 1. The summed E-state index contributed by atoms with van der Waals surface area (Å²) >= 11 is 0. The lowest BCUT2D eigenvalue weighted by Gasteiger charge is -2.10. The largest absolute Gasteiger partial charge is 0.361 e. The normalized spacial score (nSPS) is 19.8. The molecule has 1 N–H and O–H groups in total. The summed E-state index contributed by atoms with van der Waals surface area (Å²) in [7, 11) is 0. The fraction of sp³-hybridized carbons (Fsp3) is 0.222. The van der Waals surface area contributed by atoms with Crippen molar-refractivity contribution in [3.8, 4) is 0 Å². The Kier molecular flexibility index (Phi) is 5.75.